The molecule has 2 aromatic rings. The Hall–Kier alpha value is -2.53. The molecule has 0 unspecified atom stereocenters. The van der Waals surface area contributed by atoms with E-state index < -0.39 is 0 Å². The summed E-state index contributed by atoms with van der Waals surface area (Å²) in [6.45, 7) is 5.05. The highest BCUT2D eigenvalue weighted by atomic mass is 35.5. The highest BCUT2D eigenvalue weighted by Crippen LogP contribution is 2.18. The number of carbonyl (C=O) groups excluding carboxylic acids is 2. The highest BCUT2D eigenvalue weighted by molar-refractivity contribution is 6.31. The van der Waals surface area contributed by atoms with Gasteiger partial charge in [0.1, 0.15) is 5.75 Å². The average Bonchev–Trinajstić information content (AvgIpc) is 2.66. The van der Waals surface area contributed by atoms with E-state index in [2.05, 4.69) is 5.32 Å². The van der Waals surface area contributed by atoms with Gasteiger partial charge in [-0.15, -0.1) is 0 Å². The number of nitrogens with one attached hydrogen (secondary N) is 1. The van der Waals surface area contributed by atoms with E-state index in [1.807, 2.05) is 32.0 Å². The van der Waals surface area contributed by atoms with Crippen molar-refractivity contribution in [3.63, 3.8) is 0 Å². The van der Waals surface area contributed by atoms with Gasteiger partial charge in [-0.3, -0.25) is 9.59 Å². The maximum atomic E-state index is 12.5. The molecule has 0 fully saturated rings. The molecule has 6 heteroatoms. The van der Waals surface area contributed by atoms with Crippen LogP contribution in [0.3, 0.4) is 0 Å². The highest BCUT2D eigenvalue weighted by Gasteiger charge is 2.17. The van der Waals surface area contributed by atoms with Crippen molar-refractivity contribution in [3.8, 4) is 5.75 Å². The first-order valence-electron chi connectivity index (χ1n) is 8.58. The van der Waals surface area contributed by atoms with Crippen LogP contribution in [0.1, 0.15) is 29.8 Å². The lowest BCUT2D eigenvalue weighted by Gasteiger charge is -2.22. The van der Waals surface area contributed by atoms with Crippen LogP contribution in [0.15, 0.2) is 48.5 Å². The normalized spacial score (nSPS) is 10.3. The zero-order valence-electron chi connectivity index (χ0n) is 15.0. The van der Waals surface area contributed by atoms with Crippen LogP contribution in [0.4, 0.5) is 0 Å². The number of amides is 2. The standard InChI is InChI=1S/C20H23ClN2O3/c1-3-23(14-15-9-5-7-11-17(15)21)19(24)13-22-20(25)16-10-6-8-12-18(16)26-4-2/h5-12H,3-4,13-14H2,1-2H3,(H,22,25). The summed E-state index contributed by atoms with van der Waals surface area (Å²) in [5.74, 6) is -0.00535. The van der Waals surface area contributed by atoms with Gasteiger partial charge in [-0.05, 0) is 37.6 Å². The predicted octanol–water partition coefficient (Wildman–Crippen LogP) is 3.52. The number of ether oxygens (including phenoxy) is 1. The van der Waals surface area contributed by atoms with Gasteiger partial charge in [0.2, 0.25) is 5.91 Å². The Kier molecular flexibility index (Phi) is 7.48. The molecule has 0 spiro atoms. The SMILES string of the molecule is CCOc1ccccc1C(=O)NCC(=O)N(CC)Cc1ccccc1Cl. The van der Waals surface area contributed by atoms with Gasteiger partial charge in [-0.2, -0.15) is 0 Å². The molecule has 0 aliphatic heterocycles. The number of hydrogen-bond donors (Lipinski definition) is 1. The fourth-order valence-corrected chi connectivity index (χ4v) is 2.70. The third kappa shape index (κ3) is 5.23. The molecule has 0 saturated heterocycles. The fourth-order valence-electron chi connectivity index (χ4n) is 2.51. The fraction of sp³-hybridized carbons (Fsp3) is 0.300. The van der Waals surface area contributed by atoms with Gasteiger partial charge in [0.05, 0.1) is 18.7 Å². The molecule has 138 valence electrons. The van der Waals surface area contributed by atoms with Gasteiger partial charge in [0.25, 0.3) is 5.91 Å². The van der Waals surface area contributed by atoms with E-state index in [4.69, 9.17) is 16.3 Å². The number of halogens is 1. The van der Waals surface area contributed by atoms with E-state index in [1.165, 1.54) is 0 Å². The van der Waals surface area contributed by atoms with E-state index in [0.29, 0.717) is 36.0 Å². The molecule has 1 N–H and O–H groups in total. The Morgan fingerprint density at radius 2 is 1.77 bits per heavy atom. The largest absolute Gasteiger partial charge is 0.493 e. The van der Waals surface area contributed by atoms with Gasteiger partial charge >= 0.3 is 0 Å². The molecule has 0 aromatic heterocycles. The third-order valence-electron chi connectivity index (χ3n) is 3.89. The smallest absolute Gasteiger partial charge is 0.255 e. The van der Waals surface area contributed by atoms with Gasteiger partial charge in [0.15, 0.2) is 0 Å². The van der Waals surface area contributed by atoms with E-state index in [-0.39, 0.29) is 18.4 Å². The lowest BCUT2D eigenvalue weighted by Crippen LogP contribution is -2.39. The zero-order valence-corrected chi connectivity index (χ0v) is 15.8. The van der Waals surface area contributed by atoms with E-state index in [1.54, 1.807) is 35.2 Å². The molecule has 0 heterocycles. The van der Waals surface area contributed by atoms with Crippen LogP contribution in [0, 0.1) is 0 Å². The monoisotopic (exact) mass is 374 g/mol. The summed E-state index contributed by atoms with van der Waals surface area (Å²) >= 11 is 6.16. The van der Waals surface area contributed by atoms with Crippen LogP contribution in [0.5, 0.6) is 5.75 Å². The van der Waals surface area contributed by atoms with Crippen molar-refractivity contribution in [2.24, 2.45) is 0 Å². The minimum Gasteiger partial charge on any atom is -0.493 e. The number of nitrogens with zero attached hydrogens (tertiary/aromatic N) is 1. The van der Waals surface area contributed by atoms with Crippen molar-refractivity contribution in [1.82, 2.24) is 10.2 Å². The number of carbonyl (C=O) groups is 2. The van der Waals surface area contributed by atoms with E-state index in [9.17, 15) is 9.59 Å². The number of likely N-dealkylation sites (N-methyl/N-ethyl adjacent to an activating group) is 1. The van der Waals surface area contributed by atoms with Crippen LogP contribution in [0.2, 0.25) is 5.02 Å². The molecule has 0 aliphatic rings. The van der Waals surface area contributed by atoms with Gasteiger partial charge in [-0.25, -0.2) is 0 Å². The first-order valence-corrected chi connectivity index (χ1v) is 8.95. The minimum atomic E-state index is -0.337. The maximum Gasteiger partial charge on any atom is 0.255 e. The summed E-state index contributed by atoms with van der Waals surface area (Å²) in [6.07, 6.45) is 0. The minimum absolute atomic E-state index is 0.0857. The maximum absolute atomic E-state index is 12.5. The second kappa shape index (κ2) is 9.82. The predicted molar refractivity (Wildman–Crippen MR) is 102 cm³/mol. The summed E-state index contributed by atoms with van der Waals surface area (Å²) in [6, 6.07) is 14.4. The van der Waals surface area contributed by atoms with E-state index >= 15 is 0 Å². The van der Waals surface area contributed by atoms with Crippen LogP contribution in [-0.2, 0) is 11.3 Å². The quantitative estimate of drug-likeness (QED) is 0.769. The Balaban J connectivity index is 1.98. The van der Waals surface area contributed by atoms with E-state index in [0.717, 1.165) is 5.56 Å². The van der Waals surface area contributed by atoms with Crippen molar-refractivity contribution >= 4 is 23.4 Å². The van der Waals surface area contributed by atoms with Crippen molar-refractivity contribution < 1.29 is 14.3 Å². The van der Waals surface area contributed by atoms with Gasteiger partial charge in [0, 0.05) is 18.1 Å². The molecule has 0 aliphatic carbocycles. The van der Waals surface area contributed by atoms with Crippen molar-refractivity contribution in [1.29, 1.82) is 0 Å². The summed E-state index contributed by atoms with van der Waals surface area (Å²) in [7, 11) is 0. The molecule has 0 bridgehead atoms. The second-order valence-corrected chi connectivity index (χ2v) is 6.02. The summed E-state index contributed by atoms with van der Waals surface area (Å²) in [5.41, 5.74) is 1.29. The lowest BCUT2D eigenvalue weighted by atomic mass is 10.2. The van der Waals surface area contributed by atoms with Gasteiger partial charge < -0.3 is 15.0 Å². The summed E-state index contributed by atoms with van der Waals surface area (Å²) in [4.78, 5) is 26.5. The van der Waals surface area contributed by atoms with Crippen molar-refractivity contribution in [2.45, 2.75) is 20.4 Å². The number of para-hydroxylation sites is 1. The number of rotatable bonds is 8. The van der Waals surface area contributed by atoms with Crippen molar-refractivity contribution in [3.05, 3.63) is 64.7 Å². The number of benzene rings is 2. The van der Waals surface area contributed by atoms with Crippen LogP contribution >= 0.6 is 11.6 Å². The summed E-state index contributed by atoms with van der Waals surface area (Å²) in [5, 5.41) is 3.29. The molecule has 2 amide bonds. The van der Waals surface area contributed by atoms with Crippen LogP contribution in [-0.4, -0.2) is 36.4 Å². The molecule has 0 radical (unpaired) electrons. The Morgan fingerprint density at radius 1 is 1.08 bits per heavy atom. The molecule has 0 atom stereocenters. The van der Waals surface area contributed by atoms with Gasteiger partial charge in [-0.1, -0.05) is 41.9 Å². The molecule has 0 saturated carbocycles. The molecule has 26 heavy (non-hydrogen) atoms. The molecular formula is C20H23ClN2O3. The Morgan fingerprint density at radius 3 is 2.46 bits per heavy atom. The second-order valence-electron chi connectivity index (χ2n) is 5.61. The van der Waals surface area contributed by atoms with Crippen molar-refractivity contribution in [2.75, 3.05) is 19.7 Å². The lowest BCUT2D eigenvalue weighted by molar-refractivity contribution is -0.130. The third-order valence-corrected chi connectivity index (χ3v) is 4.25. The molecular weight excluding hydrogens is 352 g/mol. The zero-order chi connectivity index (χ0) is 18.9. The first kappa shape index (κ1) is 19.8. The molecule has 5 nitrogen and oxygen atoms in total. The number of hydrogen-bond acceptors (Lipinski definition) is 3. The Bertz CT molecular complexity index is 764. The molecule has 2 aromatic carbocycles. The van der Waals surface area contributed by atoms with Crippen LogP contribution < -0.4 is 10.1 Å². The van der Waals surface area contributed by atoms with Crippen LogP contribution in [0.25, 0.3) is 0 Å². The topological polar surface area (TPSA) is 58.6 Å². The first-order chi connectivity index (χ1) is 12.6. The summed E-state index contributed by atoms with van der Waals surface area (Å²) < 4.78 is 5.45. The Labute approximate surface area is 158 Å². The average molecular weight is 375 g/mol. The molecule has 2 rings (SSSR count).